The molecule has 0 atom stereocenters. The first-order valence-electron chi connectivity index (χ1n) is 8.16. The fraction of sp³-hybridized carbons (Fsp3) is 0.0526. The van der Waals surface area contributed by atoms with E-state index in [9.17, 15) is 9.59 Å². The lowest BCUT2D eigenvalue weighted by molar-refractivity contribution is -0.116. The van der Waals surface area contributed by atoms with Gasteiger partial charge in [0.25, 0.3) is 5.56 Å². The average molecular weight is 431 g/mol. The molecule has 0 saturated carbocycles. The van der Waals surface area contributed by atoms with Gasteiger partial charge in [-0.1, -0.05) is 35.3 Å². The molecule has 0 unspecified atom stereocenters. The number of hydrogen-bond acceptors (Lipinski definition) is 5. The van der Waals surface area contributed by atoms with E-state index in [4.69, 9.17) is 23.2 Å². The molecule has 0 aliphatic rings. The second-order valence-electron chi connectivity index (χ2n) is 5.91. The number of aromatic nitrogens is 3. The molecular formula is C19H12Cl2N4O2S. The topological polar surface area (TPSA) is 76.9 Å². The number of carbonyl (C=O) groups is 1. The molecule has 4 rings (SSSR count). The summed E-state index contributed by atoms with van der Waals surface area (Å²) < 4.78 is 1.27. The van der Waals surface area contributed by atoms with E-state index in [-0.39, 0.29) is 18.0 Å². The van der Waals surface area contributed by atoms with Crippen LogP contribution in [0.15, 0.2) is 59.0 Å². The summed E-state index contributed by atoms with van der Waals surface area (Å²) in [5.74, 6) is -0.373. The van der Waals surface area contributed by atoms with Crippen molar-refractivity contribution in [2.75, 3.05) is 5.32 Å². The molecule has 2 aromatic carbocycles. The van der Waals surface area contributed by atoms with Crippen LogP contribution in [0.3, 0.4) is 0 Å². The molecule has 0 fully saturated rings. The Hall–Kier alpha value is -2.74. The minimum Gasteiger partial charge on any atom is -0.300 e. The van der Waals surface area contributed by atoms with E-state index in [1.165, 1.54) is 22.2 Å². The molecule has 0 saturated heterocycles. The van der Waals surface area contributed by atoms with Crippen molar-refractivity contribution in [3.63, 3.8) is 0 Å². The minimum absolute atomic E-state index is 0.159. The lowest BCUT2D eigenvalue weighted by atomic mass is 10.2. The highest BCUT2D eigenvalue weighted by molar-refractivity contribution is 7.14. The van der Waals surface area contributed by atoms with E-state index in [0.29, 0.717) is 31.8 Å². The summed E-state index contributed by atoms with van der Waals surface area (Å²) in [5, 5.41) is 6.37. The van der Waals surface area contributed by atoms with Crippen molar-refractivity contribution in [2.24, 2.45) is 0 Å². The standard InChI is InChI=1S/C19H12Cl2N4O2S/c20-11-5-6-12(14(21)7-11)16-9-28-19(23-16)24-17(26)8-25-10-22-15-4-2-1-3-13(15)18(25)27/h1-7,9-10H,8H2,(H,23,24,26). The van der Waals surface area contributed by atoms with Gasteiger partial charge in [0, 0.05) is 16.0 Å². The van der Waals surface area contributed by atoms with Gasteiger partial charge in [-0.25, -0.2) is 9.97 Å². The van der Waals surface area contributed by atoms with Crippen molar-refractivity contribution in [1.82, 2.24) is 14.5 Å². The van der Waals surface area contributed by atoms with Crippen LogP contribution in [0.1, 0.15) is 0 Å². The number of fused-ring (bicyclic) bond motifs is 1. The molecule has 0 spiro atoms. The Morgan fingerprint density at radius 3 is 2.82 bits per heavy atom. The van der Waals surface area contributed by atoms with Gasteiger partial charge >= 0.3 is 0 Å². The Bertz CT molecular complexity index is 1250. The number of halogens is 2. The third-order valence-electron chi connectivity index (χ3n) is 4.00. The van der Waals surface area contributed by atoms with Gasteiger partial charge in [-0.3, -0.25) is 14.2 Å². The number of anilines is 1. The van der Waals surface area contributed by atoms with Gasteiger partial charge in [0.2, 0.25) is 5.91 Å². The highest BCUT2D eigenvalue weighted by Crippen LogP contribution is 2.32. The minimum atomic E-state index is -0.373. The van der Waals surface area contributed by atoms with Crippen molar-refractivity contribution in [3.05, 3.63) is 74.6 Å². The molecule has 28 heavy (non-hydrogen) atoms. The normalized spacial score (nSPS) is 10.9. The van der Waals surface area contributed by atoms with E-state index < -0.39 is 0 Å². The molecule has 140 valence electrons. The van der Waals surface area contributed by atoms with Crippen LogP contribution in [0.2, 0.25) is 10.0 Å². The highest BCUT2D eigenvalue weighted by Gasteiger charge is 2.12. The van der Waals surface area contributed by atoms with Crippen LogP contribution in [0, 0.1) is 0 Å². The molecule has 1 N–H and O–H groups in total. The van der Waals surface area contributed by atoms with Gasteiger partial charge in [-0.15, -0.1) is 11.3 Å². The summed E-state index contributed by atoms with van der Waals surface area (Å²) >= 11 is 13.4. The van der Waals surface area contributed by atoms with E-state index >= 15 is 0 Å². The highest BCUT2D eigenvalue weighted by atomic mass is 35.5. The number of nitrogens with zero attached hydrogens (tertiary/aromatic N) is 3. The molecule has 6 nitrogen and oxygen atoms in total. The molecule has 0 bridgehead atoms. The van der Waals surface area contributed by atoms with E-state index in [0.717, 1.165) is 5.56 Å². The lowest BCUT2D eigenvalue weighted by Gasteiger charge is -2.06. The van der Waals surface area contributed by atoms with Crippen molar-refractivity contribution in [2.45, 2.75) is 6.54 Å². The van der Waals surface area contributed by atoms with Crippen LogP contribution in [-0.4, -0.2) is 20.4 Å². The number of benzene rings is 2. The molecular weight excluding hydrogens is 419 g/mol. The molecule has 4 aromatic rings. The number of nitrogens with one attached hydrogen (secondary N) is 1. The zero-order valence-corrected chi connectivity index (χ0v) is 16.6. The zero-order chi connectivity index (χ0) is 19.7. The average Bonchev–Trinajstić information content (AvgIpc) is 3.12. The summed E-state index contributed by atoms with van der Waals surface area (Å²) in [5.41, 5.74) is 1.67. The summed E-state index contributed by atoms with van der Waals surface area (Å²) in [4.78, 5) is 33.4. The fourth-order valence-corrected chi connectivity index (χ4v) is 3.92. The van der Waals surface area contributed by atoms with Gasteiger partial charge in [0.05, 0.1) is 27.9 Å². The van der Waals surface area contributed by atoms with Crippen LogP contribution in [-0.2, 0) is 11.3 Å². The van der Waals surface area contributed by atoms with Crippen LogP contribution in [0.25, 0.3) is 22.2 Å². The van der Waals surface area contributed by atoms with Crippen molar-refractivity contribution >= 4 is 56.5 Å². The predicted octanol–water partition coefficient (Wildman–Crippen LogP) is 4.47. The Balaban J connectivity index is 1.51. The third-order valence-corrected chi connectivity index (χ3v) is 5.31. The first kappa shape index (κ1) is 18.6. The summed E-state index contributed by atoms with van der Waals surface area (Å²) in [6.45, 7) is -0.159. The van der Waals surface area contributed by atoms with Gasteiger partial charge < -0.3 is 5.32 Å². The van der Waals surface area contributed by atoms with Gasteiger partial charge in [0.1, 0.15) is 6.54 Å². The second-order valence-corrected chi connectivity index (χ2v) is 7.61. The van der Waals surface area contributed by atoms with Crippen molar-refractivity contribution in [1.29, 1.82) is 0 Å². The maximum absolute atomic E-state index is 12.5. The van der Waals surface area contributed by atoms with E-state index in [1.807, 2.05) is 0 Å². The Labute approximate surface area is 173 Å². The quantitative estimate of drug-likeness (QED) is 0.518. The van der Waals surface area contributed by atoms with Gasteiger partial charge in [-0.05, 0) is 30.3 Å². The Kier molecular flexibility index (Phi) is 5.13. The van der Waals surface area contributed by atoms with Gasteiger partial charge in [-0.2, -0.15) is 0 Å². The second kappa shape index (κ2) is 7.71. The fourth-order valence-electron chi connectivity index (χ4n) is 2.68. The number of amides is 1. The van der Waals surface area contributed by atoms with Crippen LogP contribution < -0.4 is 10.9 Å². The third kappa shape index (κ3) is 3.77. The maximum atomic E-state index is 12.5. The van der Waals surface area contributed by atoms with Crippen LogP contribution in [0.5, 0.6) is 0 Å². The molecule has 1 amide bonds. The number of carbonyl (C=O) groups excluding carboxylic acids is 1. The first-order chi connectivity index (χ1) is 13.5. The van der Waals surface area contributed by atoms with Gasteiger partial charge in [0.15, 0.2) is 5.13 Å². The monoisotopic (exact) mass is 430 g/mol. The summed E-state index contributed by atoms with van der Waals surface area (Å²) in [7, 11) is 0. The number of thiazole rings is 1. The summed E-state index contributed by atoms with van der Waals surface area (Å²) in [6, 6.07) is 12.1. The largest absolute Gasteiger partial charge is 0.300 e. The molecule has 0 aliphatic heterocycles. The molecule has 2 heterocycles. The van der Waals surface area contributed by atoms with Crippen LogP contribution in [0.4, 0.5) is 5.13 Å². The Morgan fingerprint density at radius 1 is 1.18 bits per heavy atom. The molecule has 2 aromatic heterocycles. The summed E-state index contributed by atoms with van der Waals surface area (Å²) in [6.07, 6.45) is 1.37. The molecule has 0 aliphatic carbocycles. The van der Waals surface area contributed by atoms with Crippen LogP contribution >= 0.6 is 34.5 Å². The first-order valence-corrected chi connectivity index (χ1v) is 9.80. The predicted molar refractivity (Wildman–Crippen MR) is 112 cm³/mol. The molecule has 0 radical (unpaired) electrons. The SMILES string of the molecule is O=C(Cn1cnc2ccccc2c1=O)Nc1nc(-c2ccc(Cl)cc2Cl)cs1. The smallest absolute Gasteiger partial charge is 0.261 e. The van der Waals surface area contributed by atoms with Crippen molar-refractivity contribution < 1.29 is 4.79 Å². The van der Waals surface area contributed by atoms with Crippen molar-refractivity contribution in [3.8, 4) is 11.3 Å². The molecule has 9 heteroatoms. The number of rotatable bonds is 4. The van der Waals surface area contributed by atoms with E-state index in [1.54, 1.807) is 47.8 Å². The Morgan fingerprint density at radius 2 is 2.00 bits per heavy atom. The lowest BCUT2D eigenvalue weighted by Crippen LogP contribution is -2.27. The number of hydrogen-bond donors (Lipinski definition) is 1. The zero-order valence-electron chi connectivity index (χ0n) is 14.2. The number of para-hydroxylation sites is 1. The maximum Gasteiger partial charge on any atom is 0.261 e. The van der Waals surface area contributed by atoms with E-state index in [2.05, 4.69) is 15.3 Å².